The molecule has 156 valence electrons. The van der Waals surface area contributed by atoms with Crippen LogP contribution in [-0.4, -0.2) is 39.1 Å². The van der Waals surface area contributed by atoms with Gasteiger partial charge in [0.05, 0.1) is 14.2 Å². The first-order valence-electron chi connectivity index (χ1n) is 8.90. The van der Waals surface area contributed by atoms with Gasteiger partial charge in [0, 0.05) is 24.2 Å². The standard InChI is InChI=1S/C21H24F2N2O4/c1-21(2,11-24-19(26)13-5-7-17(28-3)15(22)9-13)12-25-20(27)14-6-8-18(29-4)16(23)10-14/h5-10H,11-12H2,1-4H3,(H,24,26)(H,25,27). The highest BCUT2D eigenvalue weighted by Gasteiger charge is 2.21. The highest BCUT2D eigenvalue weighted by atomic mass is 19.1. The normalized spacial score (nSPS) is 11.0. The molecule has 0 saturated heterocycles. The predicted octanol–water partition coefficient (Wildman–Crippen LogP) is 3.17. The van der Waals surface area contributed by atoms with Crippen LogP contribution in [0.25, 0.3) is 0 Å². The lowest BCUT2D eigenvalue weighted by Gasteiger charge is -2.25. The molecular weight excluding hydrogens is 382 g/mol. The average Bonchev–Trinajstić information content (AvgIpc) is 2.70. The van der Waals surface area contributed by atoms with Crippen LogP contribution in [0.3, 0.4) is 0 Å². The Hall–Kier alpha value is -3.16. The number of carbonyl (C=O) groups excluding carboxylic acids is 2. The molecule has 0 unspecified atom stereocenters. The van der Waals surface area contributed by atoms with Gasteiger partial charge in [-0.2, -0.15) is 0 Å². The van der Waals surface area contributed by atoms with Crippen LogP contribution in [0.1, 0.15) is 34.6 Å². The largest absolute Gasteiger partial charge is 0.494 e. The van der Waals surface area contributed by atoms with Crippen molar-refractivity contribution < 1.29 is 27.8 Å². The maximum Gasteiger partial charge on any atom is 0.251 e. The van der Waals surface area contributed by atoms with Gasteiger partial charge in [-0.15, -0.1) is 0 Å². The molecule has 6 nitrogen and oxygen atoms in total. The lowest BCUT2D eigenvalue weighted by Crippen LogP contribution is -2.42. The first-order valence-corrected chi connectivity index (χ1v) is 8.90. The number of hydrogen-bond donors (Lipinski definition) is 2. The van der Waals surface area contributed by atoms with E-state index in [1.54, 1.807) is 0 Å². The summed E-state index contributed by atoms with van der Waals surface area (Å²) in [6, 6.07) is 7.88. The first kappa shape index (κ1) is 22.1. The van der Waals surface area contributed by atoms with Crippen LogP contribution < -0.4 is 20.1 Å². The minimum absolute atomic E-state index is 0.0551. The molecule has 0 spiro atoms. The number of halogens is 2. The van der Waals surface area contributed by atoms with Gasteiger partial charge in [-0.25, -0.2) is 8.78 Å². The van der Waals surface area contributed by atoms with Crippen molar-refractivity contribution >= 4 is 11.8 Å². The number of nitrogens with one attached hydrogen (secondary N) is 2. The van der Waals surface area contributed by atoms with Crippen LogP contribution in [0, 0.1) is 17.0 Å². The molecule has 2 rings (SSSR count). The Kier molecular flexibility index (Phi) is 7.14. The van der Waals surface area contributed by atoms with E-state index in [1.807, 2.05) is 13.8 Å². The second-order valence-corrected chi connectivity index (χ2v) is 7.23. The molecule has 0 saturated carbocycles. The second-order valence-electron chi connectivity index (χ2n) is 7.23. The van der Waals surface area contributed by atoms with E-state index in [4.69, 9.17) is 9.47 Å². The molecule has 0 aliphatic carbocycles. The Morgan fingerprint density at radius 2 is 1.21 bits per heavy atom. The number of rotatable bonds is 8. The monoisotopic (exact) mass is 406 g/mol. The van der Waals surface area contributed by atoms with Gasteiger partial charge in [0.25, 0.3) is 11.8 Å². The Morgan fingerprint density at radius 3 is 1.52 bits per heavy atom. The van der Waals surface area contributed by atoms with Crippen molar-refractivity contribution in [3.8, 4) is 11.5 Å². The molecule has 8 heteroatoms. The SMILES string of the molecule is COc1ccc(C(=O)NCC(C)(C)CNC(=O)c2ccc(OC)c(F)c2)cc1F. The lowest BCUT2D eigenvalue weighted by atomic mass is 9.93. The third-order valence-corrected chi connectivity index (χ3v) is 4.28. The van der Waals surface area contributed by atoms with Gasteiger partial charge in [0.2, 0.25) is 0 Å². The van der Waals surface area contributed by atoms with E-state index in [0.717, 1.165) is 12.1 Å². The molecule has 2 amide bonds. The zero-order valence-electron chi connectivity index (χ0n) is 16.8. The lowest BCUT2D eigenvalue weighted by molar-refractivity contribution is 0.0919. The fourth-order valence-electron chi connectivity index (χ4n) is 2.52. The van der Waals surface area contributed by atoms with Gasteiger partial charge in [-0.05, 0) is 41.8 Å². The zero-order chi connectivity index (χ0) is 21.6. The minimum atomic E-state index is -0.626. The van der Waals surface area contributed by atoms with Crippen LogP contribution in [0.2, 0.25) is 0 Å². The van der Waals surface area contributed by atoms with Gasteiger partial charge < -0.3 is 20.1 Å². The van der Waals surface area contributed by atoms with Gasteiger partial charge >= 0.3 is 0 Å². The average molecular weight is 406 g/mol. The Balaban J connectivity index is 1.90. The minimum Gasteiger partial charge on any atom is -0.494 e. The molecule has 29 heavy (non-hydrogen) atoms. The Bertz CT molecular complexity index is 829. The van der Waals surface area contributed by atoms with Crippen molar-refractivity contribution in [3.63, 3.8) is 0 Å². The van der Waals surface area contributed by atoms with E-state index in [2.05, 4.69) is 10.6 Å². The molecule has 0 fully saturated rings. The third kappa shape index (κ3) is 5.91. The van der Waals surface area contributed by atoms with E-state index in [0.29, 0.717) is 0 Å². The van der Waals surface area contributed by atoms with Crippen molar-refractivity contribution in [2.75, 3.05) is 27.3 Å². The van der Waals surface area contributed by atoms with Crippen molar-refractivity contribution in [3.05, 3.63) is 59.2 Å². The van der Waals surface area contributed by atoms with Gasteiger partial charge in [0.15, 0.2) is 23.1 Å². The number of hydrogen-bond acceptors (Lipinski definition) is 4. The number of carbonyl (C=O) groups is 2. The molecule has 0 atom stereocenters. The highest BCUT2D eigenvalue weighted by molar-refractivity contribution is 5.95. The quantitative estimate of drug-likeness (QED) is 0.706. The summed E-state index contributed by atoms with van der Waals surface area (Å²) in [5.74, 6) is -2.03. The molecule has 0 aliphatic heterocycles. The molecule has 2 N–H and O–H groups in total. The van der Waals surface area contributed by atoms with Gasteiger partial charge in [0.1, 0.15) is 0 Å². The van der Waals surface area contributed by atoms with Crippen LogP contribution in [0.15, 0.2) is 36.4 Å². The topological polar surface area (TPSA) is 76.7 Å². The number of benzene rings is 2. The smallest absolute Gasteiger partial charge is 0.251 e. The summed E-state index contributed by atoms with van der Waals surface area (Å²) >= 11 is 0. The third-order valence-electron chi connectivity index (χ3n) is 4.28. The summed E-state index contributed by atoms with van der Waals surface area (Å²) in [5.41, 5.74) is -0.171. The fraction of sp³-hybridized carbons (Fsp3) is 0.333. The van der Waals surface area contributed by atoms with Crippen LogP contribution in [-0.2, 0) is 0 Å². The molecule has 0 bridgehead atoms. The van der Waals surface area contributed by atoms with Crippen LogP contribution in [0.5, 0.6) is 11.5 Å². The van der Waals surface area contributed by atoms with E-state index in [-0.39, 0.29) is 35.7 Å². The van der Waals surface area contributed by atoms with E-state index >= 15 is 0 Å². The molecule has 2 aromatic rings. The zero-order valence-corrected chi connectivity index (χ0v) is 16.8. The molecule has 0 aliphatic rings. The van der Waals surface area contributed by atoms with E-state index < -0.39 is 28.9 Å². The maximum absolute atomic E-state index is 13.7. The molecule has 0 heterocycles. The van der Waals surface area contributed by atoms with E-state index in [1.165, 1.54) is 38.5 Å². The fourth-order valence-corrected chi connectivity index (χ4v) is 2.52. The summed E-state index contributed by atoms with van der Waals surface area (Å²) in [5, 5.41) is 5.43. The number of methoxy groups -OCH3 is 2. The molecule has 0 aromatic heterocycles. The van der Waals surface area contributed by atoms with Crippen molar-refractivity contribution in [1.29, 1.82) is 0 Å². The maximum atomic E-state index is 13.7. The van der Waals surface area contributed by atoms with Crippen molar-refractivity contribution in [1.82, 2.24) is 10.6 Å². The Labute approximate surface area is 168 Å². The first-order chi connectivity index (χ1) is 13.7. The summed E-state index contributed by atoms with van der Waals surface area (Å²) < 4.78 is 37.1. The molecule has 0 radical (unpaired) electrons. The van der Waals surface area contributed by atoms with Crippen molar-refractivity contribution in [2.45, 2.75) is 13.8 Å². The Morgan fingerprint density at radius 1 is 0.828 bits per heavy atom. The summed E-state index contributed by atoms with van der Waals surface area (Å²) in [6.45, 7) is 4.15. The van der Waals surface area contributed by atoms with E-state index in [9.17, 15) is 18.4 Å². The summed E-state index contributed by atoms with van der Waals surface area (Å²) in [7, 11) is 2.69. The van der Waals surface area contributed by atoms with Crippen LogP contribution >= 0.6 is 0 Å². The van der Waals surface area contributed by atoms with Gasteiger partial charge in [-0.3, -0.25) is 9.59 Å². The molecular formula is C21H24F2N2O4. The predicted molar refractivity (Wildman–Crippen MR) is 104 cm³/mol. The summed E-state index contributed by atoms with van der Waals surface area (Å²) in [6.07, 6.45) is 0. The highest BCUT2D eigenvalue weighted by Crippen LogP contribution is 2.19. The van der Waals surface area contributed by atoms with Gasteiger partial charge in [-0.1, -0.05) is 13.8 Å². The number of ether oxygens (including phenoxy) is 2. The summed E-state index contributed by atoms with van der Waals surface area (Å²) in [4.78, 5) is 24.5. The van der Waals surface area contributed by atoms with Crippen molar-refractivity contribution in [2.24, 2.45) is 5.41 Å². The number of amides is 2. The van der Waals surface area contributed by atoms with Crippen LogP contribution in [0.4, 0.5) is 8.78 Å². The molecule has 2 aromatic carbocycles. The second kappa shape index (κ2) is 9.36.